The molecule has 2 aromatic rings. The van der Waals surface area contributed by atoms with Crippen molar-refractivity contribution in [2.45, 2.75) is 59.4 Å². The number of Topliss-reactive ketones (excluding diaryl/α,β-unsaturated/α-hetero) is 1. The summed E-state index contributed by atoms with van der Waals surface area (Å²) in [6.07, 6.45) is 5.01. The fourth-order valence-electron chi connectivity index (χ4n) is 3.70. The molecule has 0 N–H and O–H groups in total. The maximum absolute atomic E-state index is 12.5. The Morgan fingerprint density at radius 2 is 1.81 bits per heavy atom. The molecule has 1 heterocycles. The molecule has 0 bridgehead atoms. The van der Waals surface area contributed by atoms with Gasteiger partial charge in [-0.25, -0.2) is 0 Å². The van der Waals surface area contributed by atoms with E-state index in [1.165, 1.54) is 23.2 Å². The average molecular weight is 350 g/mol. The number of carbonyl (C=O) groups excluding carboxylic acids is 1. The van der Waals surface area contributed by atoms with Gasteiger partial charge in [-0.2, -0.15) is 0 Å². The zero-order valence-corrected chi connectivity index (χ0v) is 16.4. The second-order valence-corrected chi connectivity index (χ2v) is 8.69. The van der Waals surface area contributed by atoms with Crippen LogP contribution in [0, 0.1) is 5.41 Å². The van der Waals surface area contributed by atoms with E-state index in [1.54, 1.807) is 0 Å². The molecule has 0 fully saturated rings. The molecule has 26 heavy (non-hydrogen) atoms. The van der Waals surface area contributed by atoms with Gasteiger partial charge in [0.2, 0.25) is 0 Å². The lowest BCUT2D eigenvalue weighted by atomic mass is 9.89. The van der Waals surface area contributed by atoms with Crippen LogP contribution in [-0.4, -0.2) is 12.3 Å². The largest absolute Gasteiger partial charge is 0.367 e. The van der Waals surface area contributed by atoms with Crippen LogP contribution >= 0.6 is 0 Å². The van der Waals surface area contributed by atoms with Gasteiger partial charge in [0.25, 0.3) is 0 Å². The van der Waals surface area contributed by atoms with Gasteiger partial charge in [-0.05, 0) is 54.0 Å². The monoisotopic (exact) mass is 349 g/mol. The van der Waals surface area contributed by atoms with E-state index in [0.29, 0.717) is 17.6 Å². The molecule has 2 aromatic carbocycles. The number of rotatable bonds is 7. The predicted octanol–water partition coefficient (Wildman–Crippen LogP) is 6.04. The van der Waals surface area contributed by atoms with Crippen molar-refractivity contribution in [2.75, 3.05) is 11.4 Å². The molecule has 1 aliphatic heterocycles. The van der Waals surface area contributed by atoms with Crippen molar-refractivity contribution in [1.82, 2.24) is 0 Å². The molecule has 0 aromatic heterocycles. The smallest absolute Gasteiger partial charge is 0.162 e. The number of unbranched alkanes of at least 4 members (excludes halogenated alkanes) is 1. The van der Waals surface area contributed by atoms with Gasteiger partial charge in [-0.15, -0.1) is 0 Å². The summed E-state index contributed by atoms with van der Waals surface area (Å²) in [5.74, 6) is 0.295. The molecule has 2 nitrogen and oxygen atoms in total. The number of nitrogens with zero attached hydrogens (tertiary/aromatic N) is 1. The minimum absolute atomic E-state index is 0.295. The van der Waals surface area contributed by atoms with Crippen LogP contribution in [0.4, 0.5) is 5.69 Å². The highest BCUT2D eigenvalue weighted by atomic mass is 16.1. The summed E-state index contributed by atoms with van der Waals surface area (Å²) in [4.78, 5) is 14.9. The molecule has 2 heteroatoms. The highest BCUT2D eigenvalue weighted by Crippen LogP contribution is 2.31. The Morgan fingerprint density at radius 3 is 2.54 bits per heavy atom. The van der Waals surface area contributed by atoms with Crippen molar-refractivity contribution in [3.8, 4) is 0 Å². The van der Waals surface area contributed by atoms with Crippen LogP contribution in [-0.2, 0) is 13.0 Å². The number of benzene rings is 2. The summed E-state index contributed by atoms with van der Waals surface area (Å²) in [6.45, 7) is 8.75. The van der Waals surface area contributed by atoms with E-state index in [-0.39, 0.29) is 0 Å². The van der Waals surface area contributed by atoms with Crippen LogP contribution in [0.5, 0.6) is 0 Å². The van der Waals surface area contributed by atoms with Crippen molar-refractivity contribution in [2.24, 2.45) is 5.41 Å². The Morgan fingerprint density at radius 1 is 1.04 bits per heavy atom. The van der Waals surface area contributed by atoms with Gasteiger partial charge >= 0.3 is 0 Å². The fraction of sp³-hybridized carbons (Fsp3) is 0.458. The minimum Gasteiger partial charge on any atom is -0.367 e. The third-order valence-corrected chi connectivity index (χ3v) is 5.19. The SMILES string of the molecule is CC(C)(C)CCCCC(=O)c1ccc2c(c1)CCN2Cc1ccccc1. The Kier molecular flexibility index (Phi) is 5.80. The molecule has 0 saturated carbocycles. The van der Waals surface area contributed by atoms with E-state index in [9.17, 15) is 4.79 Å². The third-order valence-electron chi connectivity index (χ3n) is 5.19. The number of carbonyl (C=O) groups is 1. The maximum atomic E-state index is 12.5. The Bertz CT molecular complexity index is 743. The summed E-state index contributed by atoms with van der Waals surface area (Å²) < 4.78 is 0. The lowest BCUT2D eigenvalue weighted by Crippen LogP contribution is -2.19. The standard InChI is InChI=1S/C24H31NO/c1-24(2,3)15-8-7-11-23(26)21-12-13-22-20(17-21)14-16-25(22)18-19-9-5-4-6-10-19/h4-6,9-10,12-13,17H,7-8,11,14-16,18H2,1-3H3. The van der Waals surface area contributed by atoms with Crippen LogP contribution < -0.4 is 4.90 Å². The number of fused-ring (bicyclic) bond motifs is 1. The lowest BCUT2D eigenvalue weighted by Gasteiger charge is -2.19. The molecular weight excluding hydrogens is 318 g/mol. The third kappa shape index (κ3) is 4.97. The molecule has 138 valence electrons. The molecular formula is C24H31NO. The first-order valence-electron chi connectivity index (χ1n) is 9.87. The van der Waals surface area contributed by atoms with Gasteiger partial charge in [-0.1, -0.05) is 57.5 Å². The van der Waals surface area contributed by atoms with Gasteiger partial charge < -0.3 is 4.90 Å². The summed E-state index contributed by atoms with van der Waals surface area (Å²) in [7, 11) is 0. The molecule has 0 saturated heterocycles. The molecule has 0 radical (unpaired) electrons. The number of ketones is 1. The normalized spacial score (nSPS) is 13.7. The first kappa shape index (κ1) is 18.7. The maximum Gasteiger partial charge on any atom is 0.162 e. The first-order valence-corrected chi connectivity index (χ1v) is 9.87. The first-order chi connectivity index (χ1) is 12.4. The van der Waals surface area contributed by atoms with Gasteiger partial charge in [0.05, 0.1) is 0 Å². The number of anilines is 1. The topological polar surface area (TPSA) is 20.3 Å². The van der Waals surface area contributed by atoms with Crippen LogP contribution in [0.1, 0.15) is 67.9 Å². The Labute approximate surface area is 158 Å². The van der Waals surface area contributed by atoms with Crippen molar-refractivity contribution < 1.29 is 4.79 Å². The molecule has 0 spiro atoms. The van der Waals surface area contributed by atoms with Gasteiger partial charge in [0.15, 0.2) is 5.78 Å². The van der Waals surface area contributed by atoms with Crippen LogP contribution in [0.25, 0.3) is 0 Å². The molecule has 0 aliphatic carbocycles. The predicted molar refractivity (Wildman–Crippen MR) is 110 cm³/mol. The second kappa shape index (κ2) is 8.07. The molecule has 0 amide bonds. The van der Waals surface area contributed by atoms with E-state index in [1.807, 2.05) is 6.07 Å². The van der Waals surface area contributed by atoms with E-state index < -0.39 is 0 Å². The lowest BCUT2D eigenvalue weighted by molar-refractivity contribution is 0.0977. The van der Waals surface area contributed by atoms with Crippen LogP contribution in [0.3, 0.4) is 0 Å². The van der Waals surface area contributed by atoms with Gasteiger partial charge in [0, 0.05) is 30.8 Å². The van der Waals surface area contributed by atoms with Crippen molar-refractivity contribution in [3.63, 3.8) is 0 Å². The van der Waals surface area contributed by atoms with E-state index in [4.69, 9.17) is 0 Å². The average Bonchev–Trinajstić information content (AvgIpc) is 3.01. The number of hydrogen-bond donors (Lipinski definition) is 0. The van der Waals surface area contributed by atoms with Crippen LogP contribution in [0.15, 0.2) is 48.5 Å². The Hall–Kier alpha value is -2.09. The second-order valence-electron chi connectivity index (χ2n) is 8.69. The van der Waals surface area contributed by atoms with E-state index in [0.717, 1.165) is 37.9 Å². The molecule has 3 rings (SSSR count). The van der Waals surface area contributed by atoms with Gasteiger partial charge in [0.1, 0.15) is 0 Å². The van der Waals surface area contributed by atoms with E-state index >= 15 is 0 Å². The molecule has 0 unspecified atom stereocenters. The highest BCUT2D eigenvalue weighted by Gasteiger charge is 2.20. The van der Waals surface area contributed by atoms with E-state index in [2.05, 4.69) is 68.1 Å². The Balaban J connectivity index is 1.58. The zero-order valence-electron chi connectivity index (χ0n) is 16.4. The van der Waals surface area contributed by atoms with Crippen LogP contribution in [0.2, 0.25) is 0 Å². The van der Waals surface area contributed by atoms with Gasteiger partial charge in [-0.3, -0.25) is 4.79 Å². The minimum atomic E-state index is 0.295. The highest BCUT2D eigenvalue weighted by molar-refractivity contribution is 5.96. The fourth-order valence-corrected chi connectivity index (χ4v) is 3.70. The summed E-state index contributed by atoms with van der Waals surface area (Å²) in [5, 5.41) is 0. The summed E-state index contributed by atoms with van der Waals surface area (Å²) >= 11 is 0. The van der Waals surface area contributed by atoms with Crippen molar-refractivity contribution in [1.29, 1.82) is 0 Å². The quantitative estimate of drug-likeness (QED) is 0.449. The molecule has 0 atom stereocenters. The molecule has 1 aliphatic rings. The van der Waals surface area contributed by atoms with Crippen molar-refractivity contribution >= 4 is 11.5 Å². The van der Waals surface area contributed by atoms with Crippen molar-refractivity contribution in [3.05, 3.63) is 65.2 Å². The summed E-state index contributed by atoms with van der Waals surface area (Å²) in [6, 6.07) is 16.9. The summed E-state index contributed by atoms with van der Waals surface area (Å²) in [5.41, 5.74) is 5.19. The number of hydrogen-bond acceptors (Lipinski definition) is 2. The zero-order chi connectivity index (χ0) is 18.6.